The summed E-state index contributed by atoms with van der Waals surface area (Å²) in [5.74, 6) is 0.555. The number of nitro groups is 1. The number of aromatic nitrogens is 3. The number of benzene rings is 3. The topological polar surface area (TPSA) is 83.1 Å². The van der Waals surface area contributed by atoms with Gasteiger partial charge in [-0.05, 0) is 42.8 Å². The van der Waals surface area contributed by atoms with E-state index in [0.29, 0.717) is 17.0 Å². The van der Waals surface area contributed by atoms with Gasteiger partial charge in [-0.2, -0.15) is 0 Å². The highest BCUT2D eigenvalue weighted by Crippen LogP contribution is 2.27. The van der Waals surface area contributed by atoms with Crippen LogP contribution >= 0.6 is 0 Å². The van der Waals surface area contributed by atoms with Gasteiger partial charge in [0.05, 0.1) is 10.5 Å². The van der Waals surface area contributed by atoms with Crippen LogP contribution in [-0.2, 0) is 6.61 Å². The van der Waals surface area contributed by atoms with Crippen molar-refractivity contribution < 1.29 is 9.66 Å². The van der Waals surface area contributed by atoms with Gasteiger partial charge in [0.15, 0.2) is 0 Å². The second kappa shape index (κ2) is 6.87. The summed E-state index contributed by atoms with van der Waals surface area (Å²) in [6, 6.07) is 19.8. The van der Waals surface area contributed by atoms with E-state index in [-0.39, 0.29) is 12.3 Å². The molecule has 0 aliphatic rings. The third-order valence-electron chi connectivity index (χ3n) is 4.19. The van der Waals surface area contributed by atoms with E-state index >= 15 is 0 Å². The van der Waals surface area contributed by atoms with E-state index in [1.54, 1.807) is 18.2 Å². The number of nitro benzene ring substituents is 1. The summed E-state index contributed by atoms with van der Waals surface area (Å²) in [4.78, 5) is 12.3. The van der Waals surface area contributed by atoms with Gasteiger partial charge in [0, 0.05) is 6.07 Å². The minimum absolute atomic E-state index is 0.0362. The SMILES string of the molecule is Cc1ccc(OCc2ccccc2[N+](=O)[O-])c(-n2nc3ccccc3n2)c1. The van der Waals surface area contributed by atoms with Crippen LogP contribution in [0.15, 0.2) is 66.7 Å². The minimum Gasteiger partial charge on any atom is -0.486 e. The van der Waals surface area contributed by atoms with Gasteiger partial charge in [0.25, 0.3) is 5.69 Å². The van der Waals surface area contributed by atoms with Crippen molar-refractivity contribution >= 4 is 16.7 Å². The van der Waals surface area contributed by atoms with E-state index < -0.39 is 4.92 Å². The van der Waals surface area contributed by atoms with Crippen molar-refractivity contribution in [2.75, 3.05) is 0 Å². The van der Waals surface area contributed by atoms with E-state index in [4.69, 9.17) is 4.74 Å². The Balaban J connectivity index is 1.69. The van der Waals surface area contributed by atoms with Gasteiger partial charge in [-0.15, -0.1) is 15.0 Å². The predicted octanol–water partition coefficient (Wildman–Crippen LogP) is 4.22. The molecule has 3 aromatic carbocycles. The molecule has 0 aliphatic carbocycles. The van der Waals surface area contributed by atoms with Crippen LogP contribution in [0.2, 0.25) is 0 Å². The van der Waals surface area contributed by atoms with E-state index in [1.165, 1.54) is 10.9 Å². The number of nitrogens with zero attached hydrogens (tertiary/aromatic N) is 4. The molecule has 4 aromatic rings. The first-order valence-corrected chi connectivity index (χ1v) is 8.40. The summed E-state index contributed by atoms with van der Waals surface area (Å²) in [5, 5.41) is 20.2. The van der Waals surface area contributed by atoms with Crippen molar-refractivity contribution in [3.8, 4) is 11.4 Å². The molecule has 0 radical (unpaired) electrons. The summed E-state index contributed by atoms with van der Waals surface area (Å²) in [7, 11) is 0. The lowest BCUT2D eigenvalue weighted by Crippen LogP contribution is -2.05. The maximum Gasteiger partial charge on any atom is 0.276 e. The molecule has 0 spiro atoms. The molecule has 0 amide bonds. The smallest absolute Gasteiger partial charge is 0.276 e. The lowest BCUT2D eigenvalue weighted by atomic mass is 10.2. The molecule has 7 nitrogen and oxygen atoms in total. The van der Waals surface area contributed by atoms with Gasteiger partial charge in [-0.3, -0.25) is 10.1 Å². The fraction of sp³-hybridized carbons (Fsp3) is 0.100. The number of fused-ring (bicyclic) bond motifs is 1. The Morgan fingerprint density at radius 3 is 2.37 bits per heavy atom. The fourth-order valence-corrected chi connectivity index (χ4v) is 2.84. The lowest BCUT2D eigenvalue weighted by Gasteiger charge is -2.11. The van der Waals surface area contributed by atoms with Gasteiger partial charge in [-0.25, -0.2) is 0 Å². The summed E-state index contributed by atoms with van der Waals surface area (Å²) in [5.41, 5.74) is 3.82. The van der Waals surface area contributed by atoms with Crippen molar-refractivity contribution in [2.45, 2.75) is 13.5 Å². The van der Waals surface area contributed by atoms with Gasteiger partial charge in [-0.1, -0.05) is 30.3 Å². The van der Waals surface area contributed by atoms with Gasteiger partial charge < -0.3 is 4.74 Å². The zero-order chi connectivity index (χ0) is 18.8. The molecular weight excluding hydrogens is 344 g/mol. The van der Waals surface area contributed by atoms with Crippen LogP contribution in [-0.4, -0.2) is 19.9 Å². The second-order valence-corrected chi connectivity index (χ2v) is 6.12. The van der Waals surface area contributed by atoms with Crippen LogP contribution in [0, 0.1) is 17.0 Å². The predicted molar refractivity (Wildman–Crippen MR) is 101 cm³/mol. The van der Waals surface area contributed by atoms with Crippen LogP contribution < -0.4 is 4.74 Å². The number of rotatable bonds is 5. The van der Waals surface area contributed by atoms with Crippen LogP contribution in [0.4, 0.5) is 5.69 Å². The minimum atomic E-state index is -0.406. The summed E-state index contributed by atoms with van der Waals surface area (Å²) >= 11 is 0. The van der Waals surface area contributed by atoms with Crippen molar-refractivity contribution in [2.24, 2.45) is 0 Å². The average molecular weight is 360 g/mol. The Hall–Kier alpha value is -3.74. The zero-order valence-corrected chi connectivity index (χ0v) is 14.6. The Morgan fingerprint density at radius 1 is 1.00 bits per heavy atom. The molecule has 134 valence electrons. The van der Waals surface area contributed by atoms with Crippen LogP contribution in [0.25, 0.3) is 16.7 Å². The number of hydrogen-bond acceptors (Lipinski definition) is 5. The van der Waals surface area contributed by atoms with Gasteiger partial charge >= 0.3 is 0 Å². The highest BCUT2D eigenvalue weighted by molar-refractivity contribution is 5.73. The summed E-state index contributed by atoms with van der Waals surface area (Å²) in [6.07, 6.45) is 0. The largest absolute Gasteiger partial charge is 0.486 e. The van der Waals surface area contributed by atoms with E-state index in [9.17, 15) is 10.1 Å². The molecule has 1 aromatic heterocycles. The van der Waals surface area contributed by atoms with Crippen molar-refractivity contribution in [3.05, 3.63) is 88.0 Å². The molecule has 4 rings (SSSR count). The maximum atomic E-state index is 11.2. The van der Waals surface area contributed by atoms with Gasteiger partial charge in [0.2, 0.25) is 0 Å². The average Bonchev–Trinajstić information content (AvgIpc) is 3.11. The molecule has 1 heterocycles. The highest BCUT2D eigenvalue weighted by atomic mass is 16.6. The number of ether oxygens (including phenoxy) is 1. The zero-order valence-electron chi connectivity index (χ0n) is 14.6. The first kappa shape index (κ1) is 16.7. The number of aryl methyl sites for hydroxylation is 1. The maximum absolute atomic E-state index is 11.2. The van der Waals surface area contributed by atoms with Crippen LogP contribution in [0.5, 0.6) is 5.75 Å². The summed E-state index contributed by atoms with van der Waals surface area (Å²) in [6.45, 7) is 2.05. The molecule has 0 atom stereocenters. The number of hydrogen-bond donors (Lipinski definition) is 0. The first-order valence-electron chi connectivity index (χ1n) is 8.40. The normalized spacial score (nSPS) is 10.9. The highest BCUT2D eigenvalue weighted by Gasteiger charge is 2.15. The Labute approximate surface area is 155 Å². The monoisotopic (exact) mass is 360 g/mol. The Bertz CT molecular complexity index is 1100. The summed E-state index contributed by atoms with van der Waals surface area (Å²) < 4.78 is 5.91. The molecule has 0 bridgehead atoms. The molecule has 0 saturated heterocycles. The standard InChI is InChI=1S/C20H16N4O3/c1-14-10-11-20(27-13-15-6-2-5-9-18(15)24(25)26)19(12-14)23-21-16-7-3-4-8-17(16)22-23/h2-12H,13H2,1H3. The fourth-order valence-electron chi connectivity index (χ4n) is 2.84. The number of para-hydroxylation sites is 1. The molecule has 27 heavy (non-hydrogen) atoms. The van der Waals surface area contributed by atoms with E-state index in [2.05, 4.69) is 10.2 Å². The van der Waals surface area contributed by atoms with Crippen molar-refractivity contribution in [1.82, 2.24) is 15.0 Å². The molecule has 7 heteroatoms. The first-order chi connectivity index (χ1) is 13.1. The Kier molecular flexibility index (Phi) is 4.25. The lowest BCUT2D eigenvalue weighted by molar-refractivity contribution is -0.385. The molecule has 0 N–H and O–H groups in total. The molecule has 0 unspecified atom stereocenters. The van der Waals surface area contributed by atoms with E-state index in [0.717, 1.165) is 16.6 Å². The quantitative estimate of drug-likeness (QED) is 0.393. The third-order valence-corrected chi connectivity index (χ3v) is 4.19. The molecule has 0 saturated carbocycles. The molecular formula is C20H16N4O3. The van der Waals surface area contributed by atoms with Crippen LogP contribution in [0.1, 0.15) is 11.1 Å². The third kappa shape index (κ3) is 3.35. The molecule has 0 aliphatic heterocycles. The van der Waals surface area contributed by atoms with Crippen molar-refractivity contribution in [3.63, 3.8) is 0 Å². The van der Waals surface area contributed by atoms with E-state index in [1.807, 2.05) is 49.4 Å². The second-order valence-electron chi connectivity index (χ2n) is 6.12. The van der Waals surface area contributed by atoms with Crippen molar-refractivity contribution in [1.29, 1.82) is 0 Å². The van der Waals surface area contributed by atoms with Gasteiger partial charge in [0.1, 0.15) is 29.1 Å². The molecule has 0 fully saturated rings. The van der Waals surface area contributed by atoms with Crippen LogP contribution in [0.3, 0.4) is 0 Å². The Morgan fingerprint density at radius 2 is 1.67 bits per heavy atom.